The van der Waals surface area contributed by atoms with Crippen molar-refractivity contribution < 1.29 is 4.39 Å². The summed E-state index contributed by atoms with van der Waals surface area (Å²) in [7, 11) is 0. The Hall–Kier alpha value is -1.54. The minimum Gasteiger partial charge on any atom is -0.399 e. The van der Waals surface area contributed by atoms with Crippen molar-refractivity contribution in [1.29, 1.82) is 0 Å². The van der Waals surface area contributed by atoms with Crippen molar-refractivity contribution in [3.63, 3.8) is 0 Å². The van der Waals surface area contributed by atoms with E-state index in [2.05, 4.69) is 0 Å². The molecule has 2 rings (SSSR count). The molecule has 2 N–H and O–H groups in total. The highest BCUT2D eigenvalue weighted by atomic mass is 35.5. The summed E-state index contributed by atoms with van der Waals surface area (Å²) in [5.74, 6) is -0.322. The number of nitrogen functional groups attached to an aromatic ring is 1. The molecule has 2 aromatic carbocycles. The fourth-order valence-corrected chi connectivity index (χ4v) is 1.67. The summed E-state index contributed by atoms with van der Waals surface area (Å²) < 4.78 is 13.5. The third-order valence-corrected chi connectivity index (χ3v) is 2.48. The molecule has 15 heavy (non-hydrogen) atoms. The predicted octanol–water partition coefficient (Wildman–Crippen LogP) is 3.73. The van der Waals surface area contributed by atoms with Gasteiger partial charge < -0.3 is 5.73 Å². The van der Waals surface area contributed by atoms with Gasteiger partial charge in [0.1, 0.15) is 5.82 Å². The average Bonchev–Trinajstić information content (AvgIpc) is 2.23. The highest BCUT2D eigenvalue weighted by Gasteiger charge is 2.08. The molecule has 0 spiro atoms. The summed E-state index contributed by atoms with van der Waals surface area (Å²) in [6, 6.07) is 11.5. The molecule has 0 aliphatic heterocycles. The maximum absolute atomic E-state index is 13.5. The van der Waals surface area contributed by atoms with Gasteiger partial charge in [-0.25, -0.2) is 4.39 Å². The van der Waals surface area contributed by atoms with Crippen LogP contribution in [0, 0.1) is 5.82 Å². The van der Waals surface area contributed by atoms with Gasteiger partial charge in [-0.05, 0) is 24.3 Å². The van der Waals surface area contributed by atoms with Crippen LogP contribution in [0.3, 0.4) is 0 Å². The molecular formula is C12H9ClFN. The van der Waals surface area contributed by atoms with Crippen LogP contribution in [-0.2, 0) is 0 Å². The Balaban J connectivity index is 2.64. The fraction of sp³-hybridized carbons (Fsp3) is 0. The highest BCUT2D eigenvalue weighted by Crippen LogP contribution is 2.30. The van der Waals surface area contributed by atoms with Gasteiger partial charge >= 0.3 is 0 Å². The lowest BCUT2D eigenvalue weighted by atomic mass is 10.0. The monoisotopic (exact) mass is 221 g/mol. The summed E-state index contributed by atoms with van der Waals surface area (Å²) in [4.78, 5) is 0. The van der Waals surface area contributed by atoms with Gasteiger partial charge in [0.2, 0.25) is 0 Å². The molecule has 0 fully saturated rings. The zero-order valence-electron chi connectivity index (χ0n) is 7.87. The molecule has 2 aromatic rings. The van der Waals surface area contributed by atoms with Crippen LogP contribution in [0.15, 0.2) is 42.5 Å². The Morgan fingerprint density at radius 1 is 1.00 bits per heavy atom. The van der Waals surface area contributed by atoms with Crippen LogP contribution in [0.25, 0.3) is 11.1 Å². The van der Waals surface area contributed by atoms with Gasteiger partial charge in [0.05, 0.1) is 0 Å². The molecule has 3 heteroatoms. The summed E-state index contributed by atoms with van der Waals surface area (Å²) in [6.07, 6.45) is 0. The Morgan fingerprint density at radius 2 is 1.73 bits per heavy atom. The molecule has 76 valence electrons. The van der Waals surface area contributed by atoms with E-state index in [4.69, 9.17) is 17.3 Å². The highest BCUT2D eigenvalue weighted by molar-refractivity contribution is 6.33. The summed E-state index contributed by atoms with van der Waals surface area (Å²) in [5.41, 5.74) is 7.21. The van der Waals surface area contributed by atoms with Gasteiger partial charge in [0.25, 0.3) is 0 Å². The number of nitrogens with two attached hydrogens (primary N) is 1. The largest absolute Gasteiger partial charge is 0.399 e. The van der Waals surface area contributed by atoms with Crippen LogP contribution in [-0.4, -0.2) is 0 Å². The van der Waals surface area contributed by atoms with Crippen LogP contribution in [0.5, 0.6) is 0 Å². The number of hydrogen-bond acceptors (Lipinski definition) is 1. The lowest BCUT2D eigenvalue weighted by molar-refractivity contribution is 0.631. The third-order valence-electron chi connectivity index (χ3n) is 2.15. The standard InChI is InChI=1S/C12H9ClFN/c13-11-4-2-1-3-9(11)10-7-8(15)5-6-12(10)14/h1-7H,15H2. The van der Waals surface area contributed by atoms with E-state index >= 15 is 0 Å². The van der Waals surface area contributed by atoms with Crippen LogP contribution in [0.1, 0.15) is 0 Å². The van der Waals surface area contributed by atoms with Crippen molar-refractivity contribution in [3.05, 3.63) is 53.3 Å². The SMILES string of the molecule is Nc1ccc(F)c(-c2ccccc2Cl)c1. The van der Waals surface area contributed by atoms with E-state index < -0.39 is 0 Å². The van der Waals surface area contributed by atoms with Crippen molar-refractivity contribution in [1.82, 2.24) is 0 Å². The van der Waals surface area contributed by atoms with Crippen LogP contribution in [0.2, 0.25) is 5.02 Å². The van der Waals surface area contributed by atoms with E-state index in [9.17, 15) is 4.39 Å². The molecule has 0 bridgehead atoms. The van der Waals surface area contributed by atoms with Crippen molar-refractivity contribution >= 4 is 17.3 Å². The maximum Gasteiger partial charge on any atom is 0.131 e. The van der Waals surface area contributed by atoms with E-state index in [1.54, 1.807) is 24.3 Å². The van der Waals surface area contributed by atoms with Crippen LogP contribution >= 0.6 is 11.6 Å². The number of hydrogen-bond donors (Lipinski definition) is 1. The van der Waals surface area contributed by atoms with E-state index in [-0.39, 0.29) is 5.82 Å². The number of halogens is 2. The van der Waals surface area contributed by atoms with Crippen LogP contribution < -0.4 is 5.73 Å². The molecule has 0 radical (unpaired) electrons. The minimum atomic E-state index is -0.322. The third kappa shape index (κ3) is 1.95. The van der Waals surface area contributed by atoms with Gasteiger partial charge in [0.15, 0.2) is 0 Å². The first kappa shape index (κ1) is 9.99. The zero-order valence-corrected chi connectivity index (χ0v) is 8.63. The second kappa shape index (κ2) is 3.91. The zero-order chi connectivity index (χ0) is 10.8. The molecule has 0 heterocycles. The molecule has 0 atom stereocenters. The second-order valence-corrected chi connectivity index (χ2v) is 3.63. The number of anilines is 1. The summed E-state index contributed by atoms with van der Waals surface area (Å²) >= 11 is 5.98. The van der Waals surface area contributed by atoms with Crippen LogP contribution in [0.4, 0.5) is 10.1 Å². The first-order valence-electron chi connectivity index (χ1n) is 4.48. The molecule has 0 aliphatic rings. The van der Waals surface area contributed by atoms with Crippen molar-refractivity contribution in [2.75, 3.05) is 5.73 Å². The topological polar surface area (TPSA) is 26.0 Å². The summed E-state index contributed by atoms with van der Waals surface area (Å²) in [6.45, 7) is 0. The number of benzene rings is 2. The van der Waals surface area contributed by atoms with Crippen molar-refractivity contribution in [2.24, 2.45) is 0 Å². The molecule has 0 aliphatic carbocycles. The van der Waals surface area contributed by atoms with Gasteiger partial charge in [0, 0.05) is 21.8 Å². The van der Waals surface area contributed by atoms with Gasteiger partial charge in [-0.2, -0.15) is 0 Å². The molecule has 1 nitrogen and oxygen atoms in total. The first-order chi connectivity index (χ1) is 7.18. The average molecular weight is 222 g/mol. The Kier molecular flexibility index (Phi) is 2.60. The Morgan fingerprint density at radius 3 is 2.47 bits per heavy atom. The van der Waals surface area contributed by atoms with E-state index in [0.29, 0.717) is 21.8 Å². The van der Waals surface area contributed by atoms with E-state index in [1.807, 2.05) is 6.07 Å². The van der Waals surface area contributed by atoms with Crippen molar-refractivity contribution in [2.45, 2.75) is 0 Å². The van der Waals surface area contributed by atoms with Gasteiger partial charge in [-0.3, -0.25) is 0 Å². The first-order valence-corrected chi connectivity index (χ1v) is 4.86. The number of rotatable bonds is 1. The molecular weight excluding hydrogens is 213 g/mol. The second-order valence-electron chi connectivity index (χ2n) is 3.22. The lowest BCUT2D eigenvalue weighted by Crippen LogP contribution is -1.89. The van der Waals surface area contributed by atoms with Gasteiger partial charge in [-0.15, -0.1) is 0 Å². The molecule has 0 aromatic heterocycles. The molecule has 0 saturated heterocycles. The predicted molar refractivity (Wildman–Crippen MR) is 61.3 cm³/mol. The quantitative estimate of drug-likeness (QED) is 0.730. The smallest absolute Gasteiger partial charge is 0.131 e. The molecule has 0 unspecified atom stereocenters. The van der Waals surface area contributed by atoms with Crippen molar-refractivity contribution in [3.8, 4) is 11.1 Å². The maximum atomic E-state index is 13.5. The fourth-order valence-electron chi connectivity index (χ4n) is 1.43. The molecule has 0 saturated carbocycles. The lowest BCUT2D eigenvalue weighted by Gasteiger charge is -2.06. The van der Waals surface area contributed by atoms with E-state index in [0.717, 1.165) is 0 Å². The summed E-state index contributed by atoms with van der Waals surface area (Å²) in [5, 5.41) is 0.516. The normalized spacial score (nSPS) is 10.3. The Bertz CT molecular complexity index is 497. The van der Waals surface area contributed by atoms with E-state index in [1.165, 1.54) is 12.1 Å². The van der Waals surface area contributed by atoms with Gasteiger partial charge in [-0.1, -0.05) is 29.8 Å². The minimum absolute atomic E-state index is 0.322. The molecule has 0 amide bonds. The Labute approximate surface area is 92.3 Å².